The van der Waals surface area contributed by atoms with Crippen LogP contribution in [-0.4, -0.2) is 12.2 Å². The second-order valence-electron chi connectivity index (χ2n) is 6.52. The normalized spacial score (nSPS) is 20.9. The Kier molecular flexibility index (Phi) is 4.30. The van der Waals surface area contributed by atoms with Crippen LogP contribution in [0.3, 0.4) is 0 Å². The molecule has 0 unspecified atom stereocenters. The van der Waals surface area contributed by atoms with Crippen molar-refractivity contribution in [3.63, 3.8) is 0 Å². The highest BCUT2D eigenvalue weighted by Crippen LogP contribution is 2.45. The van der Waals surface area contributed by atoms with Crippen molar-refractivity contribution in [3.05, 3.63) is 28.8 Å². The monoisotopic (exact) mass is 274 g/mol. The van der Waals surface area contributed by atoms with Gasteiger partial charge in [-0.15, -0.1) is 0 Å². The average molecular weight is 274 g/mol. The highest BCUT2D eigenvalue weighted by atomic mass is 16.5. The van der Waals surface area contributed by atoms with Gasteiger partial charge in [0.25, 0.3) is 0 Å². The number of rotatable bonds is 4. The van der Waals surface area contributed by atoms with Gasteiger partial charge in [0, 0.05) is 7.11 Å². The van der Waals surface area contributed by atoms with Gasteiger partial charge in [0.2, 0.25) is 0 Å². The number of hydrogen-bond acceptors (Lipinski definition) is 2. The van der Waals surface area contributed by atoms with Crippen LogP contribution in [0.4, 0.5) is 0 Å². The van der Waals surface area contributed by atoms with Crippen LogP contribution >= 0.6 is 0 Å². The van der Waals surface area contributed by atoms with Gasteiger partial charge in [-0.2, -0.15) is 0 Å². The molecule has 110 valence electrons. The summed E-state index contributed by atoms with van der Waals surface area (Å²) >= 11 is 0. The number of methoxy groups -OCH3 is 1. The van der Waals surface area contributed by atoms with E-state index >= 15 is 0 Å². The van der Waals surface area contributed by atoms with Crippen LogP contribution in [0.25, 0.3) is 0 Å². The second kappa shape index (κ2) is 6.17. The van der Waals surface area contributed by atoms with E-state index < -0.39 is 0 Å². The van der Waals surface area contributed by atoms with Gasteiger partial charge in [0.05, 0.1) is 6.61 Å². The molecule has 2 aliphatic rings. The Morgan fingerprint density at radius 3 is 1.80 bits per heavy atom. The predicted octanol–water partition coefficient (Wildman–Crippen LogP) is 4.85. The van der Waals surface area contributed by atoms with Crippen molar-refractivity contribution in [2.75, 3.05) is 7.11 Å². The van der Waals surface area contributed by atoms with Crippen LogP contribution in [0.15, 0.2) is 12.1 Å². The molecule has 2 nitrogen and oxygen atoms in total. The molecule has 0 radical (unpaired) electrons. The highest BCUT2D eigenvalue weighted by molar-refractivity contribution is 5.47. The second-order valence-corrected chi connectivity index (χ2v) is 6.52. The van der Waals surface area contributed by atoms with E-state index in [0.29, 0.717) is 24.2 Å². The first-order valence-corrected chi connectivity index (χ1v) is 8.14. The van der Waals surface area contributed by atoms with Gasteiger partial charge in [-0.1, -0.05) is 25.7 Å². The Balaban J connectivity index is 1.98. The SMILES string of the molecule is COCc1cc(C2CCCC2)c(O)c(C2CCCC2)c1. The molecule has 0 amide bonds. The van der Waals surface area contributed by atoms with Gasteiger partial charge < -0.3 is 9.84 Å². The van der Waals surface area contributed by atoms with Crippen molar-refractivity contribution < 1.29 is 9.84 Å². The van der Waals surface area contributed by atoms with Crippen LogP contribution in [0.5, 0.6) is 5.75 Å². The molecular formula is C18H26O2. The van der Waals surface area contributed by atoms with Gasteiger partial charge in [-0.25, -0.2) is 0 Å². The maximum Gasteiger partial charge on any atom is 0.122 e. The van der Waals surface area contributed by atoms with Gasteiger partial charge in [0.15, 0.2) is 0 Å². The fraction of sp³-hybridized carbons (Fsp3) is 0.667. The first-order valence-electron chi connectivity index (χ1n) is 8.14. The minimum absolute atomic E-state index is 0.562. The Morgan fingerprint density at radius 2 is 1.40 bits per heavy atom. The van der Waals surface area contributed by atoms with E-state index in [1.54, 1.807) is 7.11 Å². The number of hydrogen-bond donors (Lipinski definition) is 1. The lowest BCUT2D eigenvalue weighted by atomic mass is 9.87. The molecule has 0 saturated heterocycles. The molecule has 0 bridgehead atoms. The maximum atomic E-state index is 10.8. The van der Waals surface area contributed by atoms with E-state index in [4.69, 9.17) is 4.74 Å². The minimum atomic E-state index is 0.562. The lowest BCUT2D eigenvalue weighted by Crippen LogP contribution is -2.02. The molecule has 2 aliphatic carbocycles. The topological polar surface area (TPSA) is 29.5 Å². The molecular weight excluding hydrogens is 248 g/mol. The first kappa shape index (κ1) is 13.9. The van der Waals surface area contributed by atoms with Crippen LogP contribution in [0, 0.1) is 0 Å². The molecule has 20 heavy (non-hydrogen) atoms. The summed E-state index contributed by atoms with van der Waals surface area (Å²) < 4.78 is 5.32. The summed E-state index contributed by atoms with van der Waals surface area (Å²) in [5.41, 5.74) is 3.62. The zero-order chi connectivity index (χ0) is 13.9. The van der Waals surface area contributed by atoms with Crippen LogP contribution in [0.2, 0.25) is 0 Å². The Bertz CT molecular complexity index is 417. The molecule has 3 rings (SSSR count). The fourth-order valence-corrected chi connectivity index (χ4v) is 4.09. The van der Waals surface area contributed by atoms with Crippen molar-refractivity contribution in [1.29, 1.82) is 0 Å². The molecule has 0 heterocycles. The quantitative estimate of drug-likeness (QED) is 0.850. The largest absolute Gasteiger partial charge is 0.507 e. The standard InChI is InChI=1S/C18H26O2/c1-20-12-13-10-16(14-6-2-3-7-14)18(19)17(11-13)15-8-4-5-9-15/h10-11,14-15,19H,2-9,12H2,1H3. The minimum Gasteiger partial charge on any atom is -0.507 e. The fourth-order valence-electron chi connectivity index (χ4n) is 4.09. The molecule has 2 heteroatoms. The van der Waals surface area contributed by atoms with Gasteiger partial charge in [0.1, 0.15) is 5.75 Å². The van der Waals surface area contributed by atoms with Crippen molar-refractivity contribution >= 4 is 0 Å². The molecule has 0 aliphatic heterocycles. The molecule has 0 aromatic heterocycles. The summed E-state index contributed by atoms with van der Waals surface area (Å²) in [5.74, 6) is 1.72. The number of aromatic hydroxyl groups is 1. The lowest BCUT2D eigenvalue weighted by molar-refractivity contribution is 0.184. The maximum absolute atomic E-state index is 10.8. The summed E-state index contributed by atoms with van der Waals surface area (Å²) in [5, 5.41) is 10.8. The molecule has 1 N–H and O–H groups in total. The van der Waals surface area contributed by atoms with Crippen LogP contribution in [0.1, 0.15) is 79.9 Å². The predicted molar refractivity (Wildman–Crippen MR) is 81.2 cm³/mol. The lowest BCUT2D eigenvalue weighted by Gasteiger charge is -2.20. The van der Waals surface area contributed by atoms with Gasteiger partial charge >= 0.3 is 0 Å². The third-order valence-corrected chi connectivity index (χ3v) is 5.13. The smallest absolute Gasteiger partial charge is 0.122 e. The summed E-state index contributed by atoms with van der Waals surface area (Å²) in [6, 6.07) is 4.38. The first-order chi connectivity index (χ1) is 9.79. The summed E-state index contributed by atoms with van der Waals surface area (Å²) in [6.45, 7) is 0.652. The third kappa shape index (κ3) is 2.71. The Hall–Kier alpha value is -1.02. The summed E-state index contributed by atoms with van der Waals surface area (Å²) in [7, 11) is 1.75. The molecule has 2 saturated carbocycles. The van der Waals surface area contributed by atoms with Crippen molar-refractivity contribution in [2.24, 2.45) is 0 Å². The third-order valence-electron chi connectivity index (χ3n) is 5.13. The highest BCUT2D eigenvalue weighted by Gasteiger charge is 2.26. The van der Waals surface area contributed by atoms with E-state index in [2.05, 4.69) is 12.1 Å². The zero-order valence-electron chi connectivity index (χ0n) is 12.5. The van der Waals surface area contributed by atoms with E-state index in [1.165, 1.54) is 68.1 Å². The van der Waals surface area contributed by atoms with Crippen LogP contribution < -0.4 is 0 Å². The average Bonchev–Trinajstić information content (AvgIpc) is 3.13. The van der Waals surface area contributed by atoms with E-state index in [9.17, 15) is 5.11 Å². The van der Waals surface area contributed by atoms with E-state index in [-0.39, 0.29) is 0 Å². The van der Waals surface area contributed by atoms with Gasteiger partial charge in [-0.05, 0) is 66.3 Å². The molecule has 1 aromatic rings. The van der Waals surface area contributed by atoms with Crippen molar-refractivity contribution in [2.45, 2.75) is 69.8 Å². The van der Waals surface area contributed by atoms with Crippen molar-refractivity contribution in [1.82, 2.24) is 0 Å². The zero-order valence-corrected chi connectivity index (χ0v) is 12.5. The Labute approximate surface area is 122 Å². The summed E-state index contributed by atoms with van der Waals surface area (Å²) in [6.07, 6.45) is 10.1. The molecule has 1 aromatic carbocycles. The molecule has 2 fully saturated rings. The number of phenolic OH excluding ortho intramolecular Hbond substituents is 1. The molecule has 0 atom stereocenters. The van der Waals surface area contributed by atoms with E-state index in [0.717, 1.165) is 0 Å². The number of benzene rings is 1. The summed E-state index contributed by atoms with van der Waals surface area (Å²) in [4.78, 5) is 0. The number of phenols is 1. The molecule has 0 spiro atoms. The number of ether oxygens (including phenoxy) is 1. The van der Waals surface area contributed by atoms with E-state index in [1.807, 2.05) is 0 Å². The van der Waals surface area contributed by atoms with Crippen LogP contribution in [-0.2, 0) is 11.3 Å². The van der Waals surface area contributed by atoms with Crippen molar-refractivity contribution in [3.8, 4) is 5.75 Å². The Morgan fingerprint density at radius 1 is 0.950 bits per heavy atom. The van der Waals surface area contributed by atoms with Gasteiger partial charge in [-0.3, -0.25) is 0 Å².